The predicted octanol–water partition coefficient (Wildman–Crippen LogP) is 2.39. The fourth-order valence-electron chi connectivity index (χ4n) is 1.86. The summed E-state index contributed by atoms with van der Waals surface area (Å²) in [5, 5.41) is 7.18. The summed E-state index contributed by atoms with van der Waals surface area (Å²) in [6.45, 7) is 6.70. The molecule has 18 heavy (non-hydrogen) atoms. The van der Waals surface area contributed by atoms with Crippen molar-refractivity contribution >= 4 is 11.4 Å². The Labute approximate surface area is 107 Å². The Morgan fingerprint density at radius 2 is 2.17 bits per heavy atom. The van der Waals surface area contributed by atoms with Crippen molar-refractivity contribution in [1.82, 2.24) is 14.9 Å². The molecule has 0 aliphatic carbocycles. The van der Waals surface area contributed by atoms with Crippen molar-refractivity contribution in [3.63, 3.8) is 0 Å². The lowest BCUT2D eigenvalue weighted by Crippen LogP contribution is -2.27. The van der Waals surface area contributed by atoms with Gasteiger partial charge in [0.15, 0.2) is 0 Å². The molecule has 0 spiro atoms. The van der Waals surface area contributed by atoms with E-state index in [4.69, 9.17) is 0 Å². The van der Waals surface area contributed by atoms with Gasteiger partial charge in [-0.3, -0.25) is 4.79 Å². The van der Waals surface area contributed by atoms with Crippen molar-refractivity contribution in [3.8, 4) is 0 Å². The quantitative estimate of drug-likeness (QED) is 0.902. The molecule has 0 unspecified atom stereocenters. The van der Waals surface area contributed by atoms with Crippen LogP contribution in [0.15, 0.2) is 30.6 Å². The minimum Gasteiger partial charge on any atom is -0.352 e. The van der Waals surface area contributed by atoms with Gasteiger partial charge in [0, 0.05) is 24.7 Å². The molecule has 0 radical (unpaired) electrons. The minimum absolute atomic E-state index is 0.0190. The molecule has 4 nitrogen and oxygen atoms in total. The molecule has 0 aliphatic heterocycles. The Morgan fingerprint density at radius 1 is 1.39 bits per heavy atom. The lowest BCUT2D eigenvalue weighted by atomic mass is 9.92. The Bertz CT molecular complexity index is 551. The number of hydrogen-bond donors (Lipinski definition) is 1. The molecule has 0 aliphatic rings. The van der Waals surface area contributed by atoms with Gasteiger partial charge < -0.3 is 5.32 Å². The Balaban J connectivity index is 2.00. The van der Waals surface area contributed by atoms with E-state index in [-0.39, 0.29) is 11.3 Å². The van der Waals surface area contributed by atoms with Crippen LogP contribution in [0.2, 0.25) is 0 Å². The molecule has 0 saturated heterocycles. The maximum Gasteiger partial charge on any atom is 0.220 e. The molecule has 0 bridgehead atoms. The fourth-order valence-corrected chi connectivity index (χ4v) is 1.86. The summed E-state index contributed by atoms with van der Waals surface area (Å²) in [7, 11) is 0. The van der Waals surface area contributed by atoms with Crippen molar-refractivity contribution in [1.29, 1.82) is 0 Å². The number of carbonyl (C=O) groups excluding carboxylic acids is 1. The Morgan fingerprint density at radius 3 is 2.89 bits per heavy atom. The zero-order valence-electron chi connectivity index (χ0n) is 11.1. The molecule has 96 valence electrons. The number of pyridine rings is 1. The molecule has 1 amide bonds. The van der Waals surface area contributed by atoms with E-state index >= 15 is 0 Å². The number of aromatic nitrogens is 2. The molecular formula is C14H19N3O. The van der Waals surface area contributed by atoms with Gasteiger partial charge >= 0.3 is 0 Å². The molecule has 0 fully saturated rings. The topological polar surface area (TPSA) is 46.4 Å². The van der Waals surface area contributed by atoms with Crippen molar-refractivity contribution in [2.75, 3.05) is 0 Å². The lowest BCUT2D eigenvalue weighted by molar-refractivity contribution is -0.122. The maximum atomic E-state index is 11.8. The zero-order valence-corrected chi connectivity index (χ0v) is 11.1. The highest BCUT2D eigenvalue weighted by Crippen LogP contribution is 2.18. The summed E-state index contributed by atoms with van der Waals surface area (Å²) in [4.78, 5) is 11.8. The van der Waals surface area contributed by atoms with E-state index in [0.717, 1.165) is 11.1 Å². The van der Waals surface area contributed by atoms with E-state index in [1.807, 2.05) is 28.9 Å². The van der Waals surface area contributed by atoms with Gasteiger partial charge in [0.2, 0.25) is 5.91 Å². The molecule has 2 aromatic heterocycles. The second kappa shape index (κ2) is 4.80. The van der Waals surface area contributed by atoms with Crippen molar-refractivity contribution in [2.24, 2.45) is 5.41 Å². The number of carbonyl (C=O) groups is 1. The molecule has 2 rings (SSSR count). The third kappa shape index (κ3) is 3.09. The molecule has 4 heteroatoms. The van der Waals surface area contributed by atoms with Gasteiger partial charge in [-0.15, -0.1) is 0 Å². The van der Waals surface area contributed by atoms with Crippen LogP contribution < -0.4 is 5.32 Å². The highest BCUT2D eigenvalue weighted by atomic mass is 16.1. The van der Waals surface area contributed by atoms with Gasteiger partial charge in [0.05, 0.1) is 11.7 Å². The van der Waals surface area contributed by atoms with Gasteiger partial charge in [-0.25, -0.2) is 4.52 Å². The van der Waals surface area contributed by atoms with E-state index in [1.54, 1.807) is 6.20 Å². The first-order valence-corrected chi connectivity index (χ1v) is 6.14. The number of nitrogens with one attached hydrogen (secondary N) is 1. The fraction of sp³-hybridized carbons (Fsp3) is 0.429. The van der Waals surface area contributed by atoms with Crippen LogP contribution in [0.5, 0.6) is 0 Å². The van der Waals surface area contributed by atoms with Crippen LogP contribution in [0.1, 0.15) is 32.8 Å². The number of nitrogens with zero attached hydrogens (tertiary/aromatic N) is 2. The second-order valence-corrected chi connectivity index (χ2v) is 5.71. The van der Waals surface area contributed by atoms with Crippen LogP contribution in [-0.2, 0) is 11.3 Å². The van der Waals surface area contributed by atoms with Crippen LogP contribution in [-0.4, -0.2) is 15.5 Å². The third-order valence-corrected chi connectivity index (χ3v) is 2.67. The summed E-state index contributed by atoms with van der Waals surface area (Å²) >= 11 is 0. The van der Waals surface area contributed by atoms with Crippen LogP contribution in [0.25, 0.3) is 5.52 Å². The van der Waals surface area contributed by atoms with E-state index in [2.05, 4.69) is 31.2 Å². The third-order valence-electron chi connectivity index (χ3n) is 2.67. The SMILES string of the molecule is CC(C)(C)CC(=O)NCc1cnn2ccccc12. The Kier molecular flexibility index (Phi) is 3.36. The summed E-state index contributed by atoms with van der Waals surface area (Å²) < 4.78 is 1.81. The average molecular weight is 245 g/mol. The van der Waals surface area contributed by atoms with Crippen LogP contribution >= 0.6 is 0 Å². The summed E-state index contributed by atoms with van der Waals surface area (Å²) in [6.07, 6.45) is 4.23. The highest BCUT2D eigenvalue weighted by Gasteiger charge is 2.15. The number of rotatable bonds is 3. The summed E-state index contributed by atoms with van der Waals surface area (Å²) in [6, 6.07) is 5.90. The van der Waals surface area contributed by atoms with E-state index in [0.29, 0.717) is 13.0 Å². The molecule has 0 saturated carbocycles. The molecule has 0 atom stereocenters. The number of amides is 1. The number of hydrogen-bond acceptors (Lipinski definition) is 2. The molecule has 0 aromatic carbocycles. The van der Waals surface area contributed by atoms with Crippen LogP contribution in [0.4, 0.5) is 0 Å². The van der Waals surface area contributed by atoms with Crippen LogP contribution in [0, 0.1) is 5.41 Å². The van der Waals surface area contributed by atoms with Gasteiger partial charge in [0.25, 0.3) is 0 Å². The van der Waals surface area contributed by atoms with Crippen molar-refractivity contribution < 1.29 is 4.79 Å². The maximum absolute atomic E-state index is 11.8. The van der Waals surface area contributed by atoms with E-state index in [9.17, 15) is 4.79 Å². The predicted molar refractivity (Wildman–Crippen MR) is 71.1 cm³/mol. The van der Waals surface area contributed by atoms with E-state index in [1.165, 1.54) is 0 Å². The van der Waals surface area contributed by atoms with Crippen molar-refractivity contribution in [3.05, 3.63) is 36.2 Å². The van der Waals surface area contributed by atoms with Crippen molar-refractivity contribution in [2.45, 2.75) is 33.7 Å². The zero-order chi connectivity index (χ0) is 13.2. The van der Waals surface area contributed by atoms with Gasteiger partial charge in [0.1, 0.15) is 0 Å². The average Bonchev–Trinajstić information content (AvgIpc) is 2.67. The van der Waals surface area contributed by atoms with Crippen LogP contribution in [0.3, 0.4) is 0 Å². The smallest absolute Gasteiger partial charge is 0.220 e. The first kappa shape index (κ1) is 12.6. The molecule has 2 heterocycles. The normalized spacial score (nSPS) is 11.7. The van der Waals surface area contributed by atoms with Gasteiger partial charge in [-0.1, -0.05) is 26.8 Å². The highest BCUT2D eigenvalue weighted by molar-refractivity contribution is 5.76. The summed E-state index contributed by atoms with van der Waals surface area (Å²) in [5.74, 6) is 0.0813. The summed E-state index contributed by atoms with van der Waals surface area (Å²) in [5.41, 5.74) is 2.09. The van der Waals surface area contributed by atoms with E-state index < -0.39 is 0 Å². The standard InChI is InChI=1S/C14H19N3O/c1-14(2,3)8-13(18)15-9-11-10-16-17-7-5-4-6-12(11)17/h4-7,10H,8-9H2,1-3H3,(H,15,18). The first-order valence-electron chi connectivity index (χ1n) is 6.14. The monoisotopic (exact) mass is 245 g/mol. The largest absolute Gasteiger partial charge is 0.352 e. The Hall–Kier alpha value is -1.84. The molecular weight excluding hydrogens is 226 g/mol. The van der Waals surface area contributed by atoms with Gasteiger partial charge in [-0.05, 0) is 17.5 Å². The minimum atomic E-state index is 0.0190. The first-order chi connectivity index (χ1) is 8.46. The molecule has 2 aromatic rings. The molecule has 1 N–H and O–H groups in total. The number of fused-ring (bicyclic) bond motifs is 1. The second-order valence-electron chi connectivity index (χ2n) is 5.71. The van der Waals surface area contributed by atoms with Gasteiger partial charge in [-0.2, -0.15) is 5.10 Å². The lowest BCUT2D eigenvalue weighted by Gasteiger charge is -2.17.